The van der Waals surface area contributed by atoms with Crippen LogP contribution < -0.4 is 0 Å². The Bertz CT molecular complexity index is 381. The van der Waals surface area contributed by atoms with Gasteiger partial charge in [-0.3, -0.25) is 0 Å². The third kappa shape index (κ3) is 2.48. The first-order chi connectivity index (χ1) is 5.91. The van der Waals surface area contributed by atoms with Gasteiger partial charge in [-0.05, 0) is 0 Å². The Labute approximate surface area is 78.0 Å². The monoisotopic (exact) mass is 200 g/mol. The summed E-state index contributed by atoms with van der Waals surface area (Å²) in [6, 6.07) is 0. The molecule has 0 radical (unpaired) electrons. The fourth-order valence-corrected chi connectivity index (χ4v) is 1.30. The van der Waals surface area contributed by atoms with Crippen LogP contribution >= 0.6 is 0 Å². The SMILES string of the molecule is CC(C)c1ncc(S(C)(=O)=O)cn1. The minimum atomic E-state index is -3.17. The quantitative estimate of drug-likeness (QED) is 0.714. The highest BCUT2D eigenvalue weighted by Gasteiger charge is 2.09. The summed E-state index contributed by atoms with van der Waals surface area (Å²) in [7, 11) is -3.17. The topological polar surface area (TPSA) is 59.9 Å². The Hall–Kier alpha value is -0.970. The van der Waals surface area contributed by atoms with Crippen LogP contribution in [0.3, 0.4) is 0 Å². The Morgan fingerprint density at radius 2 is 1.69 bits per heavy atom. The van der Waals surface area contributed by atoms with Crippen molar-refractivity contribution in [1.82, 2.24) is 9.97 Å². The molecule has 4 nitrogen and oxygen atoms in total. The molecule has 0 amide bonds. The highest BCUT2D eigenvalue weighted by molar-refractivity contribution is 7.90. The lowest BCUT2D eigenvalue weighted by Crippen LogP contribution is -2.02. The Balaban J connectivity index is 3.08. The summed E-state index contributed by atoms with van der Waals surface area (Å²) in [4.78, 5) is 8.07. The van der Waals surface area contributed by atoms with Crippen LogP contribution in [0.15, 0.2) is 17.3 Å². The summed E-state index contributed by atoms with van der Waals surface area (Å²) >= 11 is 0. The van der Waals surface area contributed by atoms with Gasteiger partial charge in [0.15, 0.2) is 9.84 Å². The van der Waals surface area contributed by atoms with Crippen molar-refractivity contribution in [1.29, 1.82) is 0 Å². The first kappa shape index (κ1) is 10.1. The summed E-state index contributed by atoms with van der Waals surface area (Å²) in [5.74, 6) is 0.876. The first-order valence-corrected chi connectivity index (χ1v) is 5.82. The van der Waals surface area contributed by atoms with E-state index in [1.165, 1.54) is 12.4 Å². The van der Waals surface area contributed by atoms with Gasteiger partial charge in [0, 0.05) is 24.6 Å². The van der Waals surface area contributed by atoms with E-state index in [-0.39, 0.29) is 10.8 Å². The average molecular weight is 200 g/mol. The second-order valence-corrected chi connectivity index (χ2v) is 5.22. The van der Waals surface area contributed by atoms with Gasteiger partial charge in [-0.15, -0.1) is 0 Å². The molecular formula is C8H12N2O2S. The number of rotatable bonds is 2. The maximum absolute atomic E-state index is 11.0. The highest BCUT2D eigenvalue weighted by atomic mass is 32.2. The van der Waals surface area contributed by atoms with Crippen LogP contribution in [0.2, 0.25) is 0 Å². The molecule has 0 aliphatic heterocycles. The number of hydrogen-bond donors (Lipinski definition) is 0. The minimum Gasteiger partial charge on any atom is -0.240 e. The van der Waals surface area contributed by atoms with E-state index in [4.69, 9.17) is 0 Å². The molecule has 0 aliphatic rings. The molecule has 0 bridgehead atoms. The zero-order chi connectivity index (χ0) is 10.1. The molecule has 1 heterocycles. The summed E-state index contributed by atoms with van der Waals surface area (Å²) in [5.41, 5.74) is 0. The molecule has 1 rings (SSSR count). The van der Waals surface area contributed by atoms with Crippen molar-refractivity contribution < 1.29 is 8.42 Å². The molecule has 0 N–H and O–H groups in total. The summed E-state index contributed by atoms with van der Waals surface area (Å²) < 4.78 is 22.1. The number of sulfone groups is 1. The molecule has 0 fully saturated rings. The van der Waals surface area contributed by atoms with Gasteiger partial charge in [-0.1, -0.05) is 13.8 Å². The van der Waals surface area contributed by atoms with E-state index in [9.17, 15) is 8.42 Å². The standard InChI is InChI=1S/C8H12N2O2S/c1-6(2)8-9-4-7(5-10-8)13(3,11)12/h4-6H,1-3H3. The molecule has 0 atom stereocenters. The van der Waals surface area contributed by atoms with E-state index in [0.29, 0.717) is 5.82 Å². The van der Waals surface area contributed by atoms with E-state index < -0.39 is 9.84 Å². The molecule has 0 spiro atoms. The molecule has 1 aromatic rings. The van der Waals surface area contributed by atoms with Gasteiger partial charge in [0.2, 0.25) is 0 Å². The number of aromatic nitrogens is 2. The van der Waals surface area contributed by atoms with E-state index in [1.54, 1.807) is 0 Å². The zero-order valence-electron chi connectivity index (χ0n) is 7.85. The lowest BCUT2D eigenvalue weighted by molar-refractivity contribution is 0.600. The molecule has 0 unspecified atom stereocenters. The van der Waals surface area contributed by atoms with Crippen LogP contribution in [0.1, 0.15) is 25.6 Å². The maximum Gasteiger partial charge on any atom is 0.178 e. The zero-order valence-corrected chi connectivity index (χ0v) is 8.67. The molecule has 5 heteroatoms. The van der Waals surface area contributed by atoms with Crippen LogP contribution in [0.4, 0.5) is 0 Å². The molecule has 0 saturated heterocycles. The van der Waals surface area contributed by atoms with Gasteiger partial charge in [-0.2, -0.15) is 0 Å². The second-order valence-electron chi connectivity index (χ2n) is 3.20. The van der Waals surface area contributed by atoms with E-state index >= 15 is 0 Å². The van der Waals surface area contributed by atoms with Crippen molar-refractivity contribution in [3.8, 4) is 0 Å². The predicted molar refractivity (Wildman–Crippen MR) is 49.2 cm³/mol. The van der Waals surface area contributed by atoms with Gasteiger partial charge >= 0.3 is 0 Å². The van der Waals surface area contributed by atoms with Crippen LogP contribution in [-0.4, -0.2) is 24.6 Å². The van der Waals surface area contributed by atoms with Crippen molar-refractivity contribution in [2.75, 3.05) is 6.26 Å². The molecule has 0 aliphatic carbocycles. The van der Waals surface area contributed by atoms with Crippen LogP contribution in [-0.2, 0) is 9.84 Å². The van der Waals surface area contributed by atoms with Crippen molar-refractivity contribution in [3.05, 3.63) is 18.2 Å². The molecule has 0 aromatic carbocycles. The van der Waals surface area contributed by atoms with E-state index in [1.807, 2.05) is 13.8 Å². The van der Waals surface area contributed by atoms with Gasteiger partial charge in [0.1, 0.15) is 10.7 Å². The number of nitrogens with zero attached hydrogens (tertiary/aromatic N) is 2. The lowest BCUT2D eigenvalue weighted by Gasteiger charge is -2.02. The first-order valence-electron chi connectivity index (χ1n) is 3.93. The molecular weight excluding hydrogens is 188 g/mol. The highest BCUT2D eigenvalue weighted by Crippen LogP contribution is 2.10. The minimum absolute atomic E-state index is 0.164. The fraction of sp³-hybridized carbons (Fsp3) is 0.500. The summed E-state index contributed by atoms with van der Waals surface area (Å²) in [6.07, 6.45) is 3.83. The molecule has 0 saturated carbocycles. The van der Waals surface area contributed by atoms with Crippen molar-refractivity contribution >= 4 is 9.84 Å². The van der Waals surface area contributed by atoms with E-state index in [2.05, 4.69) is 9.97 Å². The predicted octanol–water partition coefficient (Wildman–Crippen LogP) is 1.00. The van der Waals surface area contributed by atoms with Gasteiger partial charge < -0.3 is 0 Å². The summed E-state index contributed by atoms with van der Waals surface area (Å²) in [5, 5.41) is 0. The molecule has 13 heavy (non-hydrogen) atoms. The normalized spacial score (nSPS) is 12.0. The van der Waals surface area contributed by atoms with E-state index in [0.717, 1.165) is 6.26 Å². The van der Waals surface area contributed by atoms with Crippen LogP contribution in [0.5, 0.6) is 0 Å². The number of hydrogen-bond acceptors (Lipinski definition) is 4. The average Bonchev–Trinajstić information content (AvgIpc) is 2.03. The van der Waals surface area contributed by atoms with Crippen molar-refractivity contribution in [3.63, 3.8) is 0 Å². The van der Waals surface area contributed by atoms with Gasteiger partial charge in [0.25, 0.3) is 0 Å². The Morgan fingerprint density at radius 3 is 2.00 bits per heavy atom. The van der Waals surface area contributed by atoms with Crippen LogP contribution in [0, 0.1) is 0 Å². The van der Waals surface area contributed by atoms with Crippen LogP contribution in [0.25, 0.3) is 0 Å². The largest absolute Gasteiger partial charge is 0.240 e. The van der Waals surface area contributed by atoms with Gasteiger partial charge in [-0.25, -0.2) is 18.4 Å². The Kier molecular flexibility index (Phi) is 2.66. The second kappa shape index (κ2) is 3.41. The third-order valence-corrected chi connectivity index (χ3v) is 2.66. The smallest absolute Gasteiger partial charge is 0.178 e. The maximum atomic E-state index is 11.0. The van der Waals surface area contributed by atoms with Crippen molar-refractivity contribution in [2.24, 2.45) is 0 Å². The summed E-state index contributed by atoms with van der Waals surface area (Å²) in [6.45, 7) is 3.91. The lowest BCUT2D eigenvalue weighted by atomic mass is 10.2. The Morgan fingerprint density at radius 1 is 1.23 bits per heavy atom. The van der Waals surface area contributed by atoms with Crippen molar-refractivity contribution in [2.45, 2.75) is 24.7 Å². The fourth-order valence-electron chi connectivity index (χ4n) is 0.816. The molecule has 1 aromatic heterocycles. The third-order valence-electron chi connectivity index (χ3n) is 1.59. The van der Waals surface area contributed by atoms with Gasteiger partial charge in [0.05, 0.1) is 0 Å². The molecule has 72 valence electrons.